The minimum absolute atomic E-state index is 0.0515. The molecule has 0 fully saturated rings. The molecule has 2 rings (SSSR count). The van der Waals surface area contributed by atoms with Crippen molar-refractivity contribution < 1.29 is 0 Å². The van der Waals surface area contributed by atoms with E-state index < -0.39 is 0 Å². The van der Waals surface area contributed by atoms with Crippen LogP contribution in [-0.4, -0.2) is 9.97 Å². The summed E-state index contributed by atoms with van der Waals surface area (Å²) < 4.78 is 0. The van der Waals surface area contributed by atoms with Crippen molar-refractivity contribution in [2.75, 3.05) is 16.8 Å². The molecule has 18 heavy (non-hydrogen) atoms. The molecule has 0 amide bonds. The van der Waals surface area contributed by atoms with Crippen molar-refractivity contribution in [1.29, 1.82) is 0 Å². The highest BCUT2D eigenvalue weighted by Crippen LogP contribution is 2.31. The number of aromatic nitrogens is 2. The van der Waals surface area contributed by atoms with Crippen molar-refractivity contribution >= 4 is 40.6 Å². The highest BCUT2D eigenvalue weighted by atomic mass is 35.5. The van der Waals surface area contributed by atoms with Crippen molar-refractivity contribution in [2.24, 2.45) is 5.18 Å². The van der Waals surface area contributed by atoms with Gasteiger partial charge in [-0.15, -0.1) is 4.91 Å². The van der Waals surface area contributed by atoms with Gasteiger partial charge >= 0.3 is 0 Å². The molecule has 0 saturated heterocycles. The SMILES string of the molecule is Nc1nc(N)c(N=O)c(Nc2cccc(Cl)c2)n1. The molecule has 0 saturated carbocycles. The third-order valence-electron chi connectivity index (χ3n) is 2.11. The number of nitrogens with zero attached hydrogens (tertiary/aromatic N) is 3. The van der Waals surface area contributed by atoms with E-state index in [2.05, 4.69) is 20.5 Å². The molecule has 1 aromatic carbocycles. The van der Waals surface area contributed by atoms with Crippen LogP contribution in [0.5, 0.6) is 0 Å². The third kappa shape index (κ3) is 2.46. The molecule has 1 heterocycles. The molecule has 0 aliphatic heterocycles. The van der Waals surface area contributed by atoms with E-state index in [0.29, 0.717) is 10.7 Å². The first-order valence-electron chi connectivity index (χ1n) is 4.89. The molecule has 0 spiro atoms. The van der Waals surface area contributed by atoms with Crippen LogP contribution in [0.1, 0.15) is 0 Å². The fraction of sp³-hybridized carbons (Fsp3) is 0. The summed E-state index contributed by atoms with van der Waals surface area (Å²) >= 11 is 5.84. The van der Waals surface area contributed by atoms with Crippen LogP contribution in [0.2, 0.25) is 5.02 Å². The summed E-state index contributed by atoms with van der Waals surface area (Å²) in [6, 6.07) is 6.86. The van der Waals surface area contributed by atoms with Gasteiger partial charge in [0.25, 0.3) is 0 Å². The van der Waals surface area contributed by atoms with Crippen molar-refractivity contribution in [2.45, 2.75) is 0 Å². The smallest absolute Gasteiger partial charge is 0.224 e. The van der Waals surface area contributed by atoms with Crippen molar-refractivity contribution in [3.63, 3.8) is 0 Å². The van der Waals surface area contributed by atoms with Gasteiger partial charge in [0.2, 0.25) is 5.95 Å². The largest absolute Gasteiger partial charge is 0.382 e. The van der Waals surface area contributed by atoms with Crippen molar-refractivity contribution in [1.82, 2.24) is 9.97 Å². The van der Waals surface area contributed by atoms with Crippen LogP contribution in [-0.2, 0) is 0 Å². The Kier molecular flexibility index (Phi) is 3.24. The van der Waals surface area contributed by atoms with Crippen LogP contribution in [0, 0.1) is 4.91 Å². The summed E-state index contributed by atoms with van der Waals surface area (Å²) in [5.41, 5.74) is 11.5. The molecule has 0 aliphatic carbocycles. The normalized spacial score (nSPS) is 10.1. The topological polar surface area (TPSA) is 119 Å². The highest BCUT2D eigenvalue weighted by Gasteiger charge is 2.12. The van der Waals surface area contributed by atoms with Gasteiger partial charge in [-0.2, -0.15) is 9.97 Å². The van der Waals surface area contributed by atoms with E-state index in [4.69, 9.17) is 23.1 Å². The van der Waals surface area contributed by atoms with E-state index in [-0.39, 0.29) is 23.3 Å². The number of nitrogens with two attached hydrogens (primary N) is 2. The van der Waals surface area contributed by atoms with Gasteiger partial charge in [0, 0.05) is 10.7 Å². The third-order valence-corrected chi connectivity index (χ3v) is 2.34. The number of benzene rings is 1. The molecular formula is C10H9ClN6O. The maximum atomic E-state index is 10.7. The summed E-state index contributed by atoms with van der Waals surface area (Å²) in [5, 5.41) is 6.17. The van der Waals surface area contributed by atoms with Crippen LogP contribution in [0.4, 0.5) is 29.0 Å². The number of nitroso groups, excluding NO2 is 1. The Morgan fingerprint density at radius 1 is 1.28 bits per heavy atom. The molecule has 2 aromatic rings. The second kappa shape index (κ2) is 4.84. The number of hydrogen-bond donors (Lipinski definition) is 3. The minimum Gasteiger partial charge on any atom is -0.382 e. The second-order valence-corrected chi connectivity index (χ2v) is 3.83. The quantitative estimate of drug-likeness (QED) is 0.733. The molecule has 0 atom stereocenters. The number of rotatable bonds is 3. The van der Waals surface area contributed by atoms with Gasteiger partial charge in [-0.3, -0.25) is 0 Å². The molecule has 0 bridgehead atoms. The molecule has 8 heteroatoms. The number of anilines is 4. The van der Waals surface area contributed by atoms with Crippen LogP contribution >= 0.6 is 11.6 Å². The Labute approximate surface area is 107 Å². The summed E-state index contributed by atoms with van der Waals surface area (Å²) in [6.07, 6.45) is 0. The monoisotopic (exact) mass is 264 g/mol. The standard InChI is InChI=1S/C10H9ClN6O/c11-5-2-1-3-6(4-5)14-9-7(17-18)8(12)15-10(13)16-9/h1-4H,(H5,12,13,14,15,16). The van der Waals surface area contributed by atoms with Crippen molar-refractivity contribution in [3.05, 3.63) is 34.2 Å². The maximum Gasteiger partial charge on any atom is 0.224 e. The number of nitrogens with one attached hydrogen (secondary N) is 1. The lowest BCUT2D eigenvalue weighted by molar-refractivity contribution is 1.18. The lowest BCUT2D eigenvalue weighted by Gasteiger charge is -2.08. The van der Waals surface area contributed by atoms with Gasteiger partial charge in [0.15, 0.2) is 17.3 Å². The average molecular weight is 265 g/mol. The number of hydrogen-bond acceptors (Lipinski definition) is 7. The summed E-state index contributed by atoms with van der Waals surface area (Å²) in [6.45, 7) is 0. The first-order valence-corrected chi connectivity index (χ1v) is 5.27. The van der Waals surface area contributed by atoms with E-state index in [1.807, 2.05) is 0 Å². The Balaban J connectivity index is 2.42. The zero-order valence-electron chi connectivity index (χ0n) is 9.09. The van der Waals surface area contributed by atoms with Crippen LogP contribution in [0.15, 0.2) is 29.4 Å². The van der Waals surface area contributed by atoms with Crippen LogP contribution in [0.25, 0.3) is 0 Å². The predicted octanol–water partition coefficient (Wildman–Crippen LogP) is 2.44. The fourth-order valence-corrected chi connectivity index (χ4v) is 1.56. The molecule has 7 nitrogen and oxygen atoms in total. The van der Waals surface area contributed by atoms with Gasteiger partial charge in [-0.25, -0.2) is 0 Å². The number of nitrogen functional groups attached to an aromatic ring is 2. The summed E-state index contributed by atoms with van der Waals surface area (Å²) in [7, 11) is 0. The van der Waals surface area contributed by atoms with E-state index in [1.54, 1.807) is 24.3 Å². The van der Waals surface area contributed by atoms with Gasteiger partial charge in [-0.05, 0) is 23.4 Å². The Bertz CT molecular complexity index is 603. The molecule has 5 N–H and O–H groups in total. The summed E-state index contributed by atoms with van der Waals surface area (Å²) in [5.74, 6) is 0.00345. The molecule has 92 valence electrons. The first-order chi connectivity index (χ1) is 8.60. The second-order valence-electron chi connectivity index (χ2n) is 3.39. The van der Waals surface area contributed by atoms with Gasteiger partial charge in [0.05, 0.1) is 0 Å². The number of halogens is 1. The minimum atomic E-state index is -0.0934. The van der Waals surface area contributed by atoms with E-state index >= 15 is 0 Å². The zero-order valence-corrected chi connectivity index (χ0v) is 9.85. The lowest BCUT2D eigenvalue weighted by atomic mass is 10.3. The molecule has 1 aromatic heterocycles. The predicted molar refractivity (Wildman–Crippen MR) is 71.0 cm³/mol. The highest BCUT2D eigenvalue weighted by molar-refractivity contribution is 6.30. The van der Waals surface area contributed by atoms with E-state index in [0.717, 1.165) is 0 Å². The fourth-order valence-electron chi connectivity index (χ4n) is 1.37. The maximum absolute atomic E-state index is 10.7. The first kappa shape index (κ1) is 12.1. The van der Waals surface area contributed by atoms with E-state index in [1.165, 1.54) is 0 Å². The molecule has 0 aliphatic rings. The van der Waals surface area contributed by atoms with Gasteiger partial charge in [0.1, 0.15) is 0 Å². The lowest BCUT2D eigenvalue weighted by Crippen LogP contribution is -2.04. The van der Waals surface area contributed by atoms with Crippen molar-refractivity contribution in [3.8, 4) is 0 Å². The summed E-state index contributed by atoms with van der Waals surface area (Å²) in [4.78, 5) is 18.2. The molecular weight excluding hydrogens is 256 g/mol. The molecule has 0 unspecified atom stereocenters. The molecule has 0 radical (unpaired) electrons. The Morgan fingerprint density at radius 3 is 2.72 bits per heavy atom. The van der Waals surface area contributed by atoms with E-state index in [9.17, 15) is 4.91 Å². The van der Waals surface area contributed by atoms with Crippen LogP contribution < -0.4 is 16.8 Å². The van der Waals surface area contributed by atoms with Crippen LogP contribution in [0.3, 0.4) is 0 Å². The Morgan fingerprint density at radius 2 is 2.06 bits per heavy atom. The zero-order chi connectivity index (χ0) is 13.1. The Hall–Kier alpha value is -2.41. The van der Waals surface area contributed by atoms with Gasteiger partial charge in [-0.1, -0.05) is 17.7 Å². The average Bonchev–Trinajstić information content (AvgIpc) is 2.28. The van der Waals surface area contributed by atoms with Gasteiger partial charge < -0.3 is 16.8 Å².